The molecule has 0 aromatic carbocycles. The van der Waals surface area contributed by atoms with Crippen LogP contribution in [0.3, 0.4) is 0 Å². The van der Waals surface area contributed by atoms with Crippen LogP contribution in [0.25, 0.3) is 0 Å². The highest BCUT2D eigenvalue weighted by atomic mass is 16.5. The van der Waals surface area contributed by atoms with Crippen LogP contribution in [0.1, 0.15) is 17.4 Å². The van der Waals surface area contributed by atoms with E-state index in [9.17, 15) is 14.7 Å². The number of aromatic nitrogens is 2. The van der Waals surface area contributed by atoms with Crippen LogP contribution in [0.15, 0.2) is 6.07 Å². The standard InChI is InChI=1S/C10H15N3O5/c1-5(14)8(10(16)17)11-9(15)6-4-7(18-3)13(2)12-6/h4-5,8,14H,1-3H3,(H,11,15)(H,16,17)/t5-,8+/m1/s1. The molecule has 1 aromatic rings. The summed E-state index contributed by atoms with van der Waals surface area (Å²) in [5.74, 6) is -1.65. The highest BCUT2D eigenvalue weighted by Crippen LogP contribution is 2.11. The fraction of sp³-hybridized carbons (Fsp3) is 0.500. The van der Waals surface area contributed by atoms with Crippen LogP contribution in [0, 0.1) is 0 Å². The summed E-state index contributed by atoms with van der Waals surface area (Å²) in [6, 6.07) is -0.0125. The number of carbonyl (C=O) groups excluding carboxylic acids is 1. The molecule has 8 heteroatoms. The van der Waals surface area contributed by atoms with Gasteiger partial charge < -0.3 is 20.3 Å². The molecule has 0 aliphatic heterocycles. The summed E-state index contributed by atoms with van der Waals surface area (Å²) in [5.41, 5.74) is 0.0150. The van der Waals surface area contributed by atoms with Gasteiger partial charge in [-0.3, -0.25) is 4.79 Å². The Hall–Kier alpha value is -2.09. The number of aliphatic hydroxyl groups is 1. The maximum absolute atomic E-state index is 11.7. The summed E-state index contributed by atoms with van der Waals surface area (Å²) in [6.45, 7) is 1.28. The number of amides is 1. The molecule has 0 saturated heterocycles. The quantitative estimate of drug-likeness (QED) is 0.623. The SMILES string of the molecule is COc1cc(C(=O)N[C@H](C(=O)O)[C@@H](C)O)nn1C. The number of carboxylic acids is 1. The number of carboxylic acid groups (broad SMARTS) is 1. The van der Waals surface area contributed by atoms with Crippen LogP contribution in [-0.4, -0.2) is 51.1 Å². The third-order valence-corrected chi connectivity index (χ3v) is 2.31. The molecule has 0 spiro atoms. The summed E-state index contributed by atoms with van der Waals surface area (Å²) in [7, 11) is 3.01. The lowest BCUT2D eigenvalue weighted by atomic mass is 10.2. The molecule has 1 aromatic heterocycles. The summed E-state index contributed by atoms with van der Waals surface area (Å²) < 4.78 is 6.27. The van der Waals surface area contributed by atoms with E-state index in [1.807, 2.05) is 0 Å². The van der Waals surface area contributed by atoms with E-state index in [-0.39, 0.29) is 5.69 Å². The lowest BCUT2D eigenvalue weighted by molar-refractivity contribution is -0.141. The van der Waals surface area contributed by atoms with Crippen LogP contribution in [0.4, 0.5) is 0 Å². The van der Waals surface area contributed by atoms with Gasteiger partial charge in [-0.15, -0.1) is 0 Å². The molecule has 1 heterocycles. The Morgan fingerprint density at radius 3 is 2.56 bits per heavy atom. The number of aryl methyl sites for hydroxylation is 1. The van der Waals surface area contributed by atoms with Crippen molar-refractivity contribution in [3.63, 3.8) is 0 Å². The van der Waals surface area contributed by atoms with E-state index in [1.165, 1.54) is 24.8 Å². The number of rotatable bonds is 5. The van der Waals surface area contributed by atoms with Crippen molar-refractivity contribution in [1.82, 2.24) is 15.1 Å². The Bertz CT molecular complexity index is 454. The second-order valence-corrected chi connectivity index (χ2v) is 3.73. The fourth-order valence-electron chi connectivity index (χ4n) is 1.36. The van der Waals surface area contributed by atoms with Crippen molar-refractivity contribution in [2.45, 2.75) is 19.1 Å². The lowest BCUT2D eigenvalue weighted by Crippen LogP contribution is -2.47. The van der Waals surface area contributed by atoms with E-state index in [2.05, 4.69) is 10.4 Å². The summed E-state index contributed by atoms with van der Waals surface area (Å²) in [5, 5.41) is 24.1. The summed E-state index contributed by atoms with van der Waals surface area (Å²) in [4.78, 5) is 22.5. The summed E-state index contributed by atoms with van der Waals surface area (Å²) in [6.07, 6.45) is -1.21. The van der Waals surface area contributed by atoms with Crippen molar-refractivity contribution in [1.29, 1.82) is 0 Å². The zero-order valence-electron chi connectivity index (χ0n) is 10.2. The van der Waals surface area contributed by atoms with Crippen LogP contribution in [-0.2, 0) is 11.8 Å². The van der Waals surface area contributed by atoms with Gasteiger partial charge in [0.25, 0.3) is 5.91 Å². The van der Waals surface area contributed by atoms with Gasteiger partial charge in [0.2, 0.25) is 5.88 Å². The number of methoxy groups -OCH3 is 1. The van der Waals surface area contributed by atoms with Gasteiger partial charge in [-0.2, -0.15) is 5.10 Å². The predicted octanol–water partition coefficient (Wildman–Crippen LogP) is -1.01. The minimum atomic E-state index is -1.38. The first kappa shape index (κ1) is 14.0. The van der Waals surface area contributed by atoms with Crippen LogP contribution in [0.5, 0.6) is 5.88 Å². The Balaban J connectivity index is 2.83. The minimum Gasteiger partial charge on any atom is -0.481 e. The third-order valence-electron chi connectivity index (χ3n) is 2.31. The number of nitrogens with one attached hydrogen (secondary N) is 1. The minimum absolute atomic E-state index is 0.0150. The molecule has 0 fully saturated rings. The molecule has 0 bridgehead atoms. The molecule has 0 radical (unpaired) electrons. The van der Waals surface area contributed by atoms with Crippen molar-refractivity contribution in [3.05, 3.63) is 11.8 Å². The van der Waals surface area contributed by atoms with Crippen molar-refractivity contribution < 1.29 is 24.5 Å². The number of hydrogen-bond donors (Lipinski definition) is 3. The van der Waals surface area contributed by atoms with E-state index < -0.39 is 24.0 Å². The molecule has 100 valence electrons. The second-order valence-electron chi connectivity index (χ2n) is 3.73. The zero-order valence-corrected chi connectivity index (χ0v) is 10.2. The highest BCUT2D eigenvalue weighted by Gasteiger charge is 2.26. The first-order chi connectivity index (χ1) is 8.36. The van der Waals surface area contributed by atoms with E-state index in [0.29, 0.717) is 5.88 Å². The Kier molecular flexibility index (Phi) is 4.27. The number of aliphatic carboxylic acids is 1. The van der Waals surface area contributed by atoms with Gasteiger partial charge in [-0.25, -0.2) is 9.48 Å². The van der Waals surface area contributed by atoms with Gasteiger partial charge in [0.05, 0.1) is 13.2 Å². The zero-order chi connectivity index (χ0) is 13.9. The Morgan fingerprint density at radius 2 is 2.17 bits per heavy atom. The number of carbonyl (C=O) groups is 2. The largest absolute Gasteiger partial charge is 0.481 e. The number of hydrogen-bond acceptors (Lipinski definition) is 5. The molecule has 1 rings (SSSR count). The van der Waals surface area contributed by atoms with E-state index in [1.54, 1.807) is 7.05 Å². The monoisotopic (exact) mass is 257 g/mol. The van der Waals surface area contributed by atoms with Gasteiger partial charge >= 0.3 is 5.97 Å². The number of nitrogens with zero attached hydrogens (tertiary/aromatic N) is 2. The molecular weight excluding hydrogens is 242 g/mol. The van der Waals surface area contributed by atoms with Gasteiger partial charge in [-0.05, 0) is 6.92 Å². The number of ether oxygens (including phenoxy) is 1. The maximum atomic E-state index is 11.7. The van der Waals surface area contributed by atoms with Gasteiger partial charge in [0.1, 0.15) is 0 Å². The van der Waals surface area contributed by atoms with Gasteiger partial charge in [-0.1, -0.05) is 0 Å². The van der Waals surface area contributed by atoms with Crippen molar-refractivity contribution >= 4 is 11.9 Å². The first-order valence-electron chi connectivity index (χ1n) is 5.16. The maximum Gasteiger partial charge on any atom is 0.328 e. The molecule has 0 unspecified atom stereocenters. The average molecular weight is 257 g/mol. The topological polar surface area (TPSA) is 114 Å². The highest BCUT2D eigenvalue weighted by molar-refractivity contribution is 5.95. The predicted molar refractivity (Wildman–Crippen MR) is 60.3 cm³/mol. The summed E-state index contributed by atoms with van der Waals surface area (Å²) >= 11 is 0. The lowest BCUT2D eigenvalue weighted by Gasteiger charge is -2.15. The third kappa shape index (κ3) is 2.98. The smallest absolute Gasteiger partial charge is 0.328 e. The van der Waals surface area contributed by atoms with Crippen LogP contribution in [0.2, 0.25) is 0 Å². The molecule has 0 aliphatic rings. The van der Waals surface area contributed by atoms with Gasteiger partial charge in [0.15, 0.2) is 11.7 Å². The number of aliphatic hydroxyl groups excluding tert-OH is 1. The molecule has 1 amide bonds. The first-order valence-corrected chi connectivity index (χ1v) is 5.16. The molecule has 0 aliphatic carbocycles. The fourth-order valence-corrected chi connectivity index (χ4v) is 1.36. The van der Waals surface area contributed by atoms with Crippen LogP contribution >= 0.6 is 0 Å². The molecule has 3 N–H and O–H groups in total. The Morgan fingerprint density at radius 1 is 1.56 bits per heavy atom. The molecular formula is C10H15N3O5. The molecule has 18 heavy (non-hydrogen) atoms. The normalized spacial score (nSPS) is 13.8. The van der Waals surface area contributed by atoms with Gasteiger partial charge in [0, 0.05) is 13.1 Å². The molecule has 8 nitrogen and oxygen atoms in total. The molecule has 2 atom stereocenters. The van der Waals surface area contributed by atoms with Crippen molar-refractivity contribution in [2.75, 3.05) is 7.11 Å². The van der Waals surface area contributed by atoms with Crippen LogP contribution < -0.4 is 10.1 Å². The second kappa shape index (κ2) is 5.50. The van der Waals surface area contributed by atoms with E-state index in [4.69, 9.17) is 9.84 Å². The molecule has 0 saturated carbocycles. The Labute approximate surface area is 103 Å². The van der Waals surface area contributed by atoms with Crippen molar-refractivity contribution in [2.24, 2.45) is 7.05 Å². The average Bonchev–Trinajstić information content (AvgIpc) is 2.66. The van der Waals surface area contributed by atoms with Crippen molar-refractivity contribution in [3.8, 4) is 5.88 Å². The van der Waals surface area contributed by atoms with E-state index in [0.717, 1.165) is 0 Å². The van der Waals surface area contributed by atoms with E-state index >= 15 is 0 Å².